The number of benzene rings is 3. The molecule has 1 fully saturated rings. The molecule has 2 N–H and O–H groups in total. The first-order valence-electron chi connectivity index (χ1n) is 10.4. The van der Waals surface area contributed by atoms with Gasteiger partial charge in [0, 0.05) is 28.9 Å². The Labute approximate surface area is 201 Å². The Morgan fingerprint density at radius 1 is 0.971 bits per heavy atom. The second-order valence-corrected chi connectivity index (χ2v) is 8.11. The maximum absolute atomic E-state index is 13.2. The zero-order valence-electron chi connectivity index (χ0n) is 18.4. The molecule has 8 heteroatoms. The summed E-state index contributed by atoms with van der Waals surface area (Å²) in [6.07, 6.45) is 0. The summed E-state index contributed by atoms with van der Waals surface area (Å²) in [5, 5.41) is 14.2. The van der Waals surface area contributed by atoms with Crippen molar-refractivity contribution < 1.29 is 24.2 Å². The Balaban J connectivity index is 1.86. The van der Waals surface area contributed by atoms with E-state index < -0.39 is 17.7 Å². The predicted octanol–water partition coefficient (Wildman–Crippen LogP) is 4.93. The Morgan fingerprint density at radius 2 is 1.59 bits per heavy atom. The standard InChI is InChI=1S/C26H21ClN2O5/c1-15(30)28-19-9-11-20(12-10-19)29-23(16-5-13-21(34-2)14-6-16)22(25(32)26(29)33)24(31)17-3-7-18(27)8-4-17/h3-14,23,31H,1-2H3,(H,28,30)/b24-22+. The zero-order chi connectivity index (χ0) is 24.4. The van der Waals surface area contributed by atoms with Crippen LogP contribution < -0.4 is 15.0 Å². The molecule has 0 bridgehead atoms. The number of carbonyl (C=O) groups excluding carboxylic acids is 3. The van der Waals surface area contributed by atoms with Crippen LogP contribution in [0.3, 0.4) is 0 Å². The van der Waals surface area contributed by atoms with E-state index in [1.54, 1.807) is 72.8 Å². The molecule has 2 amide bonds. The van der Waals surface area contributed by atoms with E-state index in [2.05, 4.69) is 5.32 Å². The van der Waals surface area contributed by atoms with Gasteiger partial charge in [-0.2, -0.15) is 0 Å². The number of amides is 2. The number of ether oxygens (including phenoxy) is 1. The lowest BCUT2D eigenvalue weighted by Crippen LogP contribution is -2.29. The minimum absolute atomic E-state index is 0.0385. The molecule has 0 spiro atoms. The highest BCUT2D eigenvalue weighted by atomic mass is 35.5. The summed E-state index contributed by atoms with van der Waals surface area (Å²) in [4.78, 5) is 39.0. The predicted molar refractivity (Wildman–Crippen MR) is 130 cm³/mol. The van der Waals surface area contributed by atoms with Crippen LogP contribution in [0.15, 0.2) is 78.4 Å². The van der Waals surface area contributed by atoms with Crippen molar-refractivity contribution in [3.05, 3.63) is 94.5 Å². The van der Waals surface area contributed by atoms with Gasteiger partial charge in [-0.1, -0.05) is 23.7 Å². The lowest BCUT2D eigenvalue weighted by molar-refractivity contribution is -0.132. The van der Waals surface area contributed by atoms with E-state index in [9.17, 15) is 19.5 Å². The van der Waals surface area contributed by atoms with Crippen LogP contribution in [0.1, 0.15) is 24.1 Å². The van der Waals surface area contributed by atoms with Crippen molar-refractivity contribution in [3.8, 4) is 5.75 Å². The van der Waals surface area contributed by atoms with Crippen LogP contribution in [-0.4, -0.2) is 29.8 Å². The third-order valence-electron chi connectivity index (χ3n) is 5.46. The number of methoxy groups -OCH3 is 1. The van der Waals surface area contributed by atoms with Crippen LogP contribution in [0.2, 0.25) is 5.02 Å². The smallest absolute Gasteiger partial charge is 0.300 e. The summed E-state index contributed by atoms with van der Waals surface area (Å²) in [7, 11) is 1.54. The molecule has 3 aromatic rings. The summed E-state index contributed by atoms with van der Waals surface area (Å²) >= 11 is 5.96. The summed E-state index contributed by atoms with van der Waals surface area (Å²) in [6.45, 7) is 1.40. The van der Waals surface area contributed by atoms with Crippen molar-refractivity contribution in [1.82, 2.24) is 0 Å². The average Bonchev–Trinajstić information content (AvgIpc) is 3.10. The molecule has 172 valence electrons. The molecule has 1 heterocycles. The number of Topliss-reactive ketones (excluding diaryl/α,β-unsaturated/α-hetero) is 1. The van der Waals surface area contributed by atoms with Gasteiger partial charge in [0.15, 0.2) is 0 Å². The van der Waals surface area contributed by atoms with E-state index in [4.69, 9.17) is 16.3 Å². The number of hydrogen-bond donors (Lipinski definition) is 2. The van der Waals surface area contributed by atoms with Gasteiger partial charge in [0.2, 0.25) is 5.91 Å². The minimum Gasteiger partial charge on any atom is -0.507 e. The molecule has 1 aliphatic heterocycles. The lowest BCUT2D eigenvalue weighted by Gasteiger charge is -2.25. The highest BCUT2D eigenvalue weighted by Gasteiger charge is 2.47. The van der Waals surface area contributed by atoms with E-state index in [1.165, 1.54) is 18.9 Å². The van der Waals surface area contributed by atoms with Crippen LogP contribution in [0.25, 0.3) is 5.76 Å². The summed E-state index contributed by atoms with van der Waals surface area (Å²) < 4.78 is 5.23. The Hall–Kier alpha value is -4.10. The number of carbonyl (C=O) groups is 3. The molecule has 0 saturated carbocycles. The molecule has 0 aromatic heterocycles. The SMILES string of the molecule is COc1ccc(C2/C(=C(\O)c3ccc(Cl)cc3)C(=O)C(=O)N2c2ccc(NC(C)=O)cc2)cc1. The number of nitrogens with zero attached hydrogens (tertiary/aromatic N) is 1. The number of hydrogen-bond acceptors (Lipinski definition) is 5. The Morgan fingerprint density at radius 3 is 2.15 bits per heavy atom. The van der Waals surface area contributed by atoms with Crippen LogP contribution in [0, 0.1) is 0 Å². The molecular weight excluding hydrogens is 456 g/mol. The molecule has 1 atom stereocenters. The second kappa shape index (κ2) is 9.41. The number of halogens is 1. The van der Waals surface area contributed by atoms with Crippen LogP contribution in [0.4, 0.5) is 11.4 Å². The number of ketones is 1. The van der Waals surface area contributed by atoms with E-state index in [1.807, 2.05) is 0 Å². The third-order valence-corrected chi connectivity index (χ3v) is 5.71. The summed E-state index contributed by atoms with van der Waals surface area (Å²) in [5.74, 6) is -1.50. The highest BCUT2D eigenvalue weighted by molar-refractivity contribution is 6.51. The Kier molecular flexibility index (Phi) is 6.38. The monoisotopic (exact) mass is 476 g/mol. The second-order valence-electron chi connectivity index (χ2n) is 7.68. The molecule has 0 radical (unpaired) electrons. The van der Waals surface area contributed by atoms with E-state index in [0.717, 1.165) is 0 Å². The van der Waals surface area contributed by atoms with Crippen LogP contribution in [-0.2, 0) is 14.4 Å². The first-order chi connectivity index (χ1) is 16.3. The fourth-order valence-electron chi connectivity index (χ4n) is 3.87. The minimum atomic E-state index is -0.881. The van der Waals surface area contributed by atoms with Gasteiger partial charge in [0.25, 0.3) is 11.7 Å². The molecule has 7 nitrogen and oxygen atoms in total. The summed E-state index contributed by atoms with van der Waals surface area (Å²) in [5.41, 5.74) is 1.92. The van der Waals surface area contributed by atoms with E-state index in [0.29, 0.717) is 33.3 Å². The number of nitrogens with one attached hydrogen (secondary N) is 1. The van der Waals surface area contributed by atoms with Gasteiger partial charge in [-0.25, -0.2) is 0 Å². The fraction of sp³-hybridized carbons (Fsp3) is 0.115. The van der Waals surface area contributed by atoms with Crippen molar-refractivity contribution in [1.29, 1.82) is 0 Å². The number of rotatable bonds is 5. The van der Waals surface area contributed by atoms with Gasteiger partial charge in [0.05, 0.1) is 18.7 Å². The van der Waals surface area contributed by atoms with Gasteiger partial charge in [-0.3, -0.25) is 19.3 Å². The Bertz CT molecular complexity index is 1280. The van der Waals surface area contributed by atoms with E-state index >= 15 is 0 Å². The summed E-state index contributed by atoms with van der Waals surface area (Å²) in [6, 6.07) is 18.9. The zero-order valence-corrected chi connectivity index (χ0v) is 19.2. The lowest BCUT2D eigenvalue weighted by atomic mass is 9.95. The molecule has 1 unspecified atom stereocenters. The van der Waals surface area contributed by atoms with Crippen LogP contribution >= 0.6 is 11.6 Å². The van der Waals surface area contributed by atoms with Gasteiger partial charge < -0.3 is 15.2 Å². The molecule has 4 rings (SSSR count). The maximum Gasteiger partial charge on any atom is 0.300 e. The molecular formula is C26H21ClN2O5. The quantitative estimate of drug-likeness (QED) is 0.309. The molecule has 34 heavy (non-hydrogen) atoms. The molecule has 1 aliphatic rings. The van der Waals surface area contributed by atoms with Crippen molar-refractivity contribution in [3.63, 3.8) is 0 Å². The molecule has 0 aliphatic carbocycles. The molecule has 3 aromatic carbocycles. The number of aliphatic hydroxyl groups excluding tert-OH is 1. The first kappa shape index (κ1) is 23.1. The van der Waals surface area contributed by atoms with Crippen molar-refractivity contribution in [2.45, 2.75) is 13.0 Å². The van der Waals surface area contributed by atoms with Crippen molar-refractivity contribution >= 4 is 46.3 Å². The van der Waals surface area contributed by atoms with Crippen LogP contribution in [0.5, 0.6) is 5.75 Å². The maximum atomic E-state index is 13.2. The topological polar surface area (TPSA) is 95.9 Å². The van der Waals surface area contributed by atoms with Gasteiger partial charge >= 0.3 is 0 Å². The first-order valence-corrected chi connectivity index (χ1v) is 10.8. The van der Waals surface area contributed by atoms with E-state index in [-0.39, 0.29) is 17.2 Å². The molecule has 1 saturated heterocycles. The normalized spacial score (nSPS) is 17.0. The van der Waals surface area contributed by atoms with Crippen molar-refractivity contribution in [2.24, 2.45) is 0 Å². The highest BCUT2D eigenvalue weighted by Crippen LogP contribution is 2.42. The third kappa shape index (κ3) is 4.38. The van der Waals surface area contributed by atoms with Crippen molar-refractivity contribution in [2.75, 3.05) is 17.3 Å². The van der Waals surface area contributed by atoms with Gasteiger partial charge in [-0.15, -0.1) is 0 Å². The fourth-order valence-corrected chi connectivity index (χ4v) is 4.00. The van der Waals surface area contributed by atoms with Gasteiger partial charge in [0.1, 0.15) is 11.5 Å². The number of aliphatic hydroxyl groups is 1. The largest absolute Gasteiger partial charge is 0.507 e. The average molecular weight is 477 g/mol. The number of anilines is 2. The van der Waals surface area contributed by atoms with Gasteiger partial charge in [-0.05, 0) is 66.2 Å².